The molecule has 0 radical (unpaired) electrons. The molecule has 116 valence electrons. The Kier molecular flexibility index (Phi) is 4.35. The van der Waals surface area contributed by atoms with Crippen LogP contribution in [0, 0.1) is 13.8 Å². The predicted octanol–water partition coefficient (Wildman–Crippen LogP) is 0.376. The molecule has 0 saturated heterocycles. The molecule has 0 aromatic carbocycles. The van der Waals surface area contributed by atoms with Crippen LogP contribution in [0.1, 0.15) is 24.2 Å². The molecule has 22 heavy (non-hydrogen) atoms. The number of hydrogen-bond acceptors (Lipinski definition) is 5. The van der Waals surface area contributed by atoms with Crippen LogP contribution in [0.3, 0.4) is 0 Å². The molecule has 2 rings (SSSR count). The minimum atomic E-state index is -1.05. The van der Waals surface area contributed by atoms with Crippen LogP contribution < -0.4 is 10.9 Å². The number of carboxylic acid groups (broad SMARTS) is 1. The molecule has 3 N–H and O–H groups in total. The van der Waals surface area contributed by atoms with Gasteiger partial charge in [0.15, 0.2) is 0 Å². The standard InChI is InChI=1S/C13H15N5O4/c1-7-6-11(20)16-13(14-7)18-9(5-8(2)17-18)15-10(19)3-4-12(21)22/h5-6H,3-4H2,1-2H3,(H,15,19)(H,21,22)(H,14,16,20). The lowest BCUT2D eigenvalue weighted by atomic mass is 10.3. The Balaban J connectivity index is 2.28. The van der Waals surface area contributed by atoms with Crippen LogP contribution in [0.25, 0.3) is 5.95 Å². The summed E-state index contributed by atoms with van der Waals surface area (Å²) in [6.07, 6.45) is -0.421. The van der Waals surface area contributed by atoms with Crippen molar-refractivity contribution in [1.82, 2.24) is 19.7 Å². The van der Waals surface area contributed by atoms with Crippen molar-refractivity contribution >= 4 is 17.7 Å². The summed E-state index contributed by atoms with van der Waals surface area (Å²) < 4.78 is 1.29. The fraction of sp³-hybridized carbons (Fsp3) is 0.308. The molecule has 0 spiro atoms. The van der Waals surface area contributed by atoms with Crippen molar-refractivity contribution in [3.63, 3.8) is 0 Å². The monoisotopic (exact) mass is 305 g/mol. The molecule has 0 aliphatic rings. The van der Waals surface area contributed by atoms with Crippen LogP contribution in [0.2, 0.25) is 0 Å². The normalized spacial score (nSPS) is 10.5. The number of carboxylic acids is 1. The van der Waals surface area contributed by atoms with Gasteiger partial charge in [-0.1, -0.05) is 0 Å². The SMILES string of the molecule is Cc1cc(=O)[nH]c(-n2nc(C)cc2NC(=O)CCC(=O)O)n1. The largest absolute Gasteiger partial charge is 0.481 e. The van der Waals surface area contributed by atoms with E-state index in [1.54, 1.807) is 19.9 Å². The highest BCUT2D eigenvalue weighted by Crippen LogP contribution is 2.14. The topological polar surface area (TPSA) is 130 Å². The van der Waals surface area contributed by atoms with Gasteiger partial charge in [0, 0.05) is 24.2 Å². The number of H-pyrrole nitrogens is 1. The molecule has 2 aromatic heterocycles. The molecule has 9 heteroatoms. The zero-order valence-corrected chi connectivity index (χ0v) is 12.1. The van der Waals surface area contributed by atoms with E-state index in [2.05, 4.69) is 20.4 Å². The summed E-state index contributed by atoms with van der Waals surface area (Å²) in [5, 5.41) is 15.3. The number of hydrogen-bond donors (Lipinski definition) is 3. The summed E-state index contributed by atoms with van der Waals surface area (Å²) in [5.41, 5.74) is 0.784. The molecule has 9 nitrogen and oxygen atoms in total. The molecule has 2 heterocycles. The summed E-state index contributed by atoms with van der Waals surface area (Å²) in [7, 11) is 0. The third kappa shape index (κ3) is 3.78. The Bertz CT molecular complexity index is 777. The molecule has 0 saturated carbocycles. The second-order valence-electron chi connectivity index (χ2n) is 4.74. The van der Waals surface area contributed by atoms with Gasteiger partial charge >= 0.3 is 5.97 Å². The molecular weight excluding hydrogens is 290 g/mol. The van der Waals surface area contributed by atoms with Gasteiger partial charge in [0.2, 0.25) is 11.9 Å². The average Bonchev–Trinajstić information content (AvgIpc) is 2.76. The minimum absolute atomic E-state index is 0.155. The van der Waals surface area contributed by atoms with Crippen LogP contribution in [0.15, 0.2) is 16.9 Å². The van der Waals surface area contributed by atoms with E-state index in [0.717, 1.165) is 0 Å². The van der Waals surface area contributed by atoms with Gasteiger partial charge in [0.25, 0.3) is 5.56 Å². The van der Waals surface area contributed by atoms with Gasteiger partial charge in [-0.2, -0.15) is 9.78 Å². The smallest absolute Gasteiger partial charge is 0.303 e. The van der Waals surface area contributed by atoms with Crippen molar-refractivity contribution in [2.45, 2.75) is 26.7 Å². The van der Waals surface area contributed by atoms with Gasteiger partial charge < -0.3 is 10.4 Å². The third-order valence-electron chi connectivity index (χ3n) is 2.72. The first-order valence-corrected chi connectivity index (χ1v) is 6.52. The van der Waals surface area contributed by atoms with Crippen LogP contribution in [-0.4, -0.2) is 36.7 Å². The van der Waals surface area contributed by atoms with Gasteiger partial charge in [-0.25, -0.2) is 4.98 Å². The summed E-state index contributed by atoms with van der Waals surface area (Å²) in [6.45, 7) is 3.39. The van der Waals surface area contributed by atoms with E-state index < -0.39 is 11.9 Å². The average molecular weight is 305 g/mol. The van der Waals surface area contributed by atoms with E-state index in [4.69, 9.17) is 5.11 Å². The van der Waals surface area contributed by atoms with Crippen LogP contribution in [0.4, 0.5) is 5.82 Å². The Morgan fingerprint density at radius 3 is 2.64 bits per heavy atom. The third-order valence-corrected chi connectivity index (χ3v) is 2.72. The lowest BCUT2D eigenvalue weighted by Crippen LogP contribution is -2.19. The molecule has 1 amide bonds. The lowest BCUT2D eigenvalue weighted by molar-refractivity contribution is -0.138. The van der Waals surface area contributed by atoms with Gasteiger partial charge in [0.1, 0.15) is 5.82 Å². The highest BCUT2D eigenvalue weighted by Gasteiger charge is 2.13. The Morgan fingerprint density at radius 1 is 1.27 bits per heavy atom. The summed E-state index contributed by atoms with van der Waals surface area (Å²) in [4.78, 5) is 40.4. The molecular formula is C13H15N5O4. The Hall–Kier alpha value is -2.97. The Morgan fingerprint density at radius 2 is 2.00 bits per heavy atom. The van der Waals surface area contributed by atoms with Crippen LogP contribution in [0.5, 0.6) is 0 Å². The molecule has 0 bridgehead atoms. The highest BCUT2D eigenvalue weighted by molar-refractivity contribution is 5.91. The molecule has 2 aromatic rings. The first kappa shape index (κ1) is 15.4. The molecule has 0 aliphatic heterocycles. The van der Waals surface area contributed by atoms with Crippen molar-refractivity contribution in [2.75, 3.05) is 5.32 Å². The maximum absolute atomic E-state index is 11.7. The van der Waals surface area contributed by atoms with E-state index in [9.17, 15) is 14.4 Å². The number of aromatic nitrogens is 4. The second kappa shape index (κ2) is 6.20. The number of carbonyl (C=O) groups excluding carboxylic acids is 1. The maximum atomic E-state index is 11.7. The van der Waals surface area contributed by atoms with Crippen molar-refractivity contribution in [3.8, 4) is 5.95 Å². The first-order chi connectivity index (χ1) is 10.3. The van der Waals surface area contributed by atoms with E-state index in [0.29, 0.717) is 17.2 Å². The van der Waals surface area contributed by atoms with Crippen molar-refractivity contribution in [3.05, 3.63) is 33.9 Å². The lowest BCUT2D eigenvalue weighted by Gasteiger charge is -2.07. The minimum Gasteiger partial charge on any atom is -0.481 e. The highest BCUT2D eigenvalue weighted by atomic mass is 16.4. The number of amides is 1. The van der Waals surface area contributed by atoms with E-state index in [1.807, 2.05) is 0 Å². The number of rotatable bonds is 5. The molecule has 0 atom stereocenters. The van der Waals surface area contributed by atoms with E-state index >= 15 is 0 Å². The van der Waals surface area contributed by atoms with Gasteiger partial charge in [-0.15, -0.1) is 0 Å². The van der Waals surface area contributed by atoms with Gasteiger partial charge in [-0.3, -0.25) is 19.4 Å². The number of carbonyl (C=O) groups is 2. The van der Waals surface area contributed by atoms with E-state index in [1.165, 1.54) is 10.7 Å². The zero-order chi connectivity index (χ0) is 16.3. The van der Waals surface area contributed by atoms with Crippen molar-refractivity contribution in [2.24, 2.45) is 0 Å². The van der Waals surface area contributed by atoms with Gasteiger partial charge in [0.05, 0.1) is 12.1 Å². The zero-order valence-electron chi connectivity index (χ0n) is 12.1. The predicted molar refractivity (Wildman–Crippen MR) is 77.0 cm³/mol. The molecule has 0 aliphatic carbocycles. The number of aryl methyl sites for hydroxylation is 2. The van der Waals surface area contributed by atoms with Crippen molar-refractivity contribution < 1.29 is 14.7 Å². The van der Waals surface area contributed by atoms with Crippen LogP contribution >= 0.6 is 0 Å². The molecule has 0 unspecified atom stereocenters. The number of aliphatic carboxylic acids is 1. The van der Waals surface area contributed by atoms with E-state index in [-0.39, 0.29) is 24.3 Å². The second-order valence-corrected chi connectivity index (χ2v) is 4.74. The number of nitrogens with zero attached hydrogens (tertiary/aromatic N) is 3. The summed E-state index contributed by atoms with van der Waals surface area (Å²) >= 11 is 0. The first-order valence-electron chi connectivity index (χ1n) is 6.52. The fourth-order valence-electron chi connectivity index (χ4n) is 1.84. The Labute approximate surface area is 125 Å². The number of aromatic amines is 1. The van der Waals surface area contributed by atoms with Crippen molar-refractivity contribution in [1.29, 1.82) is 0 Å². The summed E-state index contributed by atoms with van der Waals surface area (Å²) in [6, 6.07) is 2.94. The van der Waals surface area contributed by atoms with Gasteiger partial charge in [-0.05, 0) is 13.8 Å². The van der Waals surface area contributed by atoms with Crippen LogP contribution in [-0.2, 0) is 9.59 Å². The quantitative estimate of drug-likeness (QED) is 0.732. The molecule has 0 fully saturated rings. The summed E-state index contributed by atoms with van der Waals surface area (Å²) in [5.74, 6) is -1.03. The number of anilines is 1. The fourth-order valence-corrected chi connectivity index (χ4v) is 1.84. The maximum Gasteiger partial charge on any atom is 0.303 e. The number of nitrogens with one attached hydrogen (secondary N) is 2.